The number of benzene rings is 4. The van der Waals surface area contributed by atoms with Gasteiger partial charge in [0, 0.05) is 19.0 Å². The van der Waals surface area contributed by atoms with Gasteiger partial charge in [-0.05, 0) is 74.2 Å². The Labute approximate surface area is 278 Å². The van der Waals surface area contributed by atoms with Crippen LogP contribution >= 0.6 is 0 Å². The molecule has 1 saturated carbocycles. The summed E-state index contributed by atoms with van der Waals surface area (Å²) in [5.41, 5.74) is 4.12. The van der Waals surface area contributed by atoms with Gasteiger partial charge >= 0.3 is 0 Å². The van der Waals surface area contributed by atoms with Gasteiger partial charge in [-0.15, -0.1) is 0 Å². The molecule has 8 nitrogen and oxygen atoms in total. The minimum Gasteiger partial charge on any atom is -0.497 e. The number of hydrogen-bond donors (Lipinski definition) is 1. The third-order valence-corrected chi connectivity index (χ3v) is 10.5. The van der Waals surface area contributed by atoms with Gasteiger partial charge in [0.25, 0.3) is 10.0 Å². The number of amides is 2. The molecule has 0 bridgehead atoms. The van der Waals surface area contributed by atoms with Crippen molar-refractivity contribution in [2.75, 3.05) is 18.0 Å². The highest BCUT2D eigenvalue weighted by molar-refractivity contribution is 7.92. The molecule has 0 unspecified atom stereocenters. The molecule has 4 aromatic rings. The van der Waals surface area contributed by atoms with Crippen LogP contribution in [0.25, 0.3) is 0 Å². The van der Waals surface area contributed by atoms with Crippen LogP contribution in [0.15, 0.2) is 108 Å². The second-order valence-corrected chi connectivity index (χ2v) is 14.1. The summed E-state index contributed by atoms with van der Waals surface area (Å²) in [4.78, 5) is 30.3. The largest absolute Gasteiger partial charge is 0.497 e. The number of carbonyl (C=O) groups is 2. The summed E-state index contributed by atoms with van der Waals surface area (Å²) >= 11 is 0. The number of hydrogen-bond acceptors (Lipinski definition) is 5. The summed E-state index contributed by atoms with van der Waals surface area (Å²) in [5, 5.41) is 3.21. The number of ether oxygens (including phenoxy) is 1. The maximum atomic E-state index is 14.6. The van der Waals surface area contributed by atoms with Gasteiger partial charge in [0.15, 0.2) is 0 Å². The molecule has 0 radical (unpaired) electrons. The Bertz CT molecular complexity index is 1740. The van der Waals surface area contributed by atoms with Gasteiger partial charge in [-0.3, -0.25) is 13.9 Å². The average Bonchev–Trinajstić information content (AvgIpc) is 3.60. The van der Waals surface area contributed by atoms with Crippen molar-refractivity contribution in [2.45, 2.75) is 69.5 Å². The summed E-state index contributed by atoms with van der Waals surface area (Å²) in [6.07, 6.45) is 4.19. The normalized spacial score (nSPS) is 13.9. The Balaban J connectivity index is 1.55. The predicted octanol–water partition coefficient (Wildman–Crippen LogP) is 6.21. The molecule has 1 aliphatic carbocycles. The van der Waals surface area contributed by atoms with Crippen LogP contribution in [0.1, 0.15) is 47.9 Å². The quantitative estimate of drug-likeness (QED) is 0.185. The van der Waals surface area contributed by atoms with Gasteiger partial charge < -0.3 is 15.0 Å². The van der Waals surface area contributed by atoms with E-state index in [9.17, 15) is 18.0 Å². The SMILES string of the molecule is COc1ccc(S(=O)(=O)N(CC(=O)N(Cc2ccc(C)cc2)[C@H](Cc2ccccc2)C(=O)NC2CCCC2)c2ccc(C)cc2)cc1. The second-order valence-electron chi connectivity index (χ2n) is 12.2. The fourth-order valence-electron chi connectivity index (χ4n) is 5.93. The number of rotatable bonds is 13. The number of aryl methyl sites for hydroxylation is 2. The van der Waals surface area contributed by atoms with E-state index in [4.69, 9.17) is 4.74 Å². The lowest BCUT2D eigenvalue weighted by Gasteiger charge is -2.34. The monoisotopic (exact) mass is 653 g/mol. The number of methoxy groups -OCH3 is 1. The van der Waals surface area contributed by atoms with Gasteiger partial charge in [-0.2, -0.15) is 0 Å². The fourth-order valence-corrected chi connectivity index (χ4v) is 7.34. The number of sulfonamides is 1. The molecule has 246 valence electrons. The molecular formula is C38H43N3O5S. The van der Waals surface area contributed by atoms with Crippen molar-refractivity contribution in [1.29, 1.82) is 0 Å². The Morgan fingerprint density at radius 1 is 0.809 bits per heavy atom. The molecule has 1 atom stereocenters. The molecule has 47 heavy (non-hydrogen) atoms. The van der Waals surface area contributed by atoms with Crippen LogP contribution in [0.2, 0.25) is 0 Å². The summed E-state index contributed by atoms with van der Waals surface area (Å²) in [7, 11) is -2.68. The van der Waals surface area contributed by atoms with Gasteiger partial charge in [0.2, 0.25) is 11.8 Å². The lowest BCUT2D eigenvalue weighted by Crippen LogP contribution is -2.54. The Morgan fingerprint density at radius 3 is 2.00 bits per heavy atom. The molecule has 9 heteroatoms. The van der Waals surface area contributed by atoms with Crippen LogP contribution in [0.4, 0.5) is 5.69 Å². The van der Waals surface area contributed by atoms with Crippen molar-refractivity contribution >= 4 is 27.5 Å². The Morgan fingerprint density at radius 2 is 1.40 bits per heavy atom. The lowest BCUT2D eigenvalue weighted by atomic mass is 10.0. The van der Waals surface area contributed by atoms with Crippen LogP contribution < -0.4 is 14.4 Å². The maximum absolute atomic E-state index is 14.6. The molecule has 4 aromatic carbocycles. The van der Waals surface area contributed by atoms with E-state index in [0.717, 1.165) is 52.2 Å². The molecule has 0 aromatic heterocycles. The van der Waals surface area contributed by atoms with Crippen molar-refractivity contribution in [3.8, 4) is 5.75 Å². The summed E-state index contributed by atoms with van der Waals surface area (Å²) in [6.45, 7) is 3.55. The van der Waals surface area contributed by atoms with Gasteiger partial charge in [0.1, 0.15) is 18.3 Å². The van der Waals surface area contributed by atoms with E-state index in [0.29, 0.717) is 11.4 Å². The molecule has 0 aliphatic heterocycles. The zero-order valence-electron chi connectivity index (χ0n) is 27.3. The third kappa shape index (κ3) is 8.60. The molecule has 0 spiro atoms. The first-order valence-corrected chi connectivity index (χ1v) is 17.5. The van der Waals surface area contributed by atoms with Gasteiger partial charge in [0.05, 0.1) is 17.7 Å². The van der Waals surface area contributed by atoms with Crippen LogP contribution in [-0.2, 0) is 32.6 Å². The van der Waals surface area contributed by atoms with Gasteiger partial charge in [-0.25, -0.2) is 8.42 Å². The fraction of sp³-hybridized carbons (Fsp3) is 0.316. The molecule has 0 saturated heterocycles. The van der Waals surface area contributed by atoms with Crippen LogP contribution in [0.5, 0.6) is 5.75 Å². The van der Waals surface area contributed by atoms with Crippen molar-refractivity contribution in [3.63, 3.8) is 0 Å². The van der Waals surface area contributed by atoms with Crippen LogP contribution in [-0.4, -0.2) is 50.9 Å². The van der Waals surface area contributed by atoms with Crippen LogP contribution in [0.3, 0.4) is 0 Å². The van der Waals surface area contributed by atoms with E-state index in [-0.39, 0.29) is 29.8 Å². The predicted molar refractivity (Wildman–Crippen MR) is 185 cm³/mol. The van der Waals surface area contributed by atoms with Crippen molar-refractivity contribution in [1.82, 2.24) is 10.2 Å². The highest BCUT2D eigenvalue weighted by Gasteiger charge is 2.35. The van der Waals surface area contributed by atoms with Crippen LogP contribution in [0, 0.1) is 13.8 Å². The van der Waals surface area contributed by atoms with Crippen molar-refractivity contribution < 1.29 is 22.7 Å². The van der Waals surface area contributed by atoms with E-state index in [1.54, 1.807) is 29.2 Å². The first-order valence-electron chi connectivity index (χ1n) is 16.1. The smallest absolute Gasteiger partial charge is 0.264 e. The summed E-state index contributed by atoms with van der Waals surface area (Å²) in [5.74, 6) is -0.199. The highest BCUT2D eigenvalue weighted by Crippen LogP contribution is 2.27. The van der Waals surface area contributed by atoms with Gasteiger partial charge in [-0.1, -0.05) is 90.7 Å². The lowest BCUT2D eigenvalue weighted by molar-refractivity contribution is -0.140. The topological polar surface area (TPSA) is 96.0 Å². The number of nitrogens with zero attached hydrogens (tertiary/aromatic N) is 2. The number of anilines is 1. The number of carbonyl (C=O) groups excluding carboxylic acids is 2. The minimum atomic E-state index is -4.19. The minimum absolute atomic E-state index is 0.0246. The first-order chi connectivity index (χ1) is 22.6. The van der Waals surface area contributed by atoms with E-state index in [1.165, 1.54) is 19.2 Å². The maximum Gasteiger partial charge on any atom is 0.264 e. The third-order valence-electron chi connectivity index (χ3n) is 8.69. The molecular weight excluding hydrogens is 611 g/mol. The van der Waals surface area contributed by atoms with E-state index in [2.05, 4.69) is 5.32 Å². The summed E-state index contributed by atoms with van der Waals surface area (Å²) in [6, 6.07) is 29.7. The summed E-state index contributed by atoms with van der Waals surface area (Å²) < 4.78 is 34.8. The Kier molecular flexibility index (Phi) is 11.0. The van der Waals surface area contributed by atoms with E-state index >= 15 is 0 Å². The standard InChI is InChI=1S/C38H43N3O5S/c1-28-13-17-31(18-14-28)26-40(36(25-30-9-5-4-6-10-30)38(43)39-32-11-7-8-12-32)37(42)27-41(33-19-15-29(2)16-20-33)47(44,45)35-23-21-34(46-3)22-24-35/h4-6,9-10,13-24,32,36H,7-8,11-12,25-27H2,1-3H3,(H,39,43)/t36-/m1/s1. The molecule has 2 amide bonds. The molecule has 0 heterocycles. The highest BCUT2D eigenvalue weighted by atomic mass is 32.2. The molecule has 1 N–H and O–H groups in total. The van der Waals surface area contributed by atoms with Crippen molar-refractivity contribution in [2.24, 2.45) is 0 Å². The van der Waals surface area contributed by atoms with E-state index < -0.39 is 28.5 Å². The molecule has 1 fully saturated rings. The zero-order valence-corrected chi connectivity index (χ0v) is 28.1. The number of nitrogens with one attached hydrogen (secondary N) is 1. The Hall–Kier alpha value is -4.63. The van der Waals surface area contributed by atoms with Crippen molar-refractivity contribution in [3.05, 3.63) is 125 Å². The average molecular weight is 654 g/mol. The molecule has 5 rings (SSSR count). The zero-order chi connectivity index (χ0) is 33.4. The molecule has 1 aliphatic rings. The van der Waals surface area contributed by atoms with E-state index in [1.807, 2.05) is 80.6 Å². The second kappa shape index (κ2) is 15.3. The first kappa shape index (κ1) is 33.7.